The van der Waals surface area contributed by atoms with E-state index in [4.69, 9.17) is 0 Å². The molecule has 0 bridgehead atoms. The number of anilines is 1. The van der Waals surface area contributed by atoms with Gasteiger partial charge in [-0.05, 0) is 31.0 Å². The Kier molecular flexibility index (Phi) is 4.51. The van der Waals surface area contributed by atoms with E-state index in [-0.39, 0.29) is 5.91 Å². The molecular weight excluding hydrogens is 344 g/mol. The smallest absolute Gasteiger partial charge is 0.237 e. The number of hydrogen-bond acceptors (Lipinski definition) is 4. The normalized spacial score (nSPS) is 13.1. The monoisotopic (exact) mass is 364 g/mol. The van der Waals surface area contributed by atoms with Gasteiger partial charge in [-0.25, -0.2) is 0 Å². The van der Waals surface area contributed by atoms with Crippen LogP contribution in [0.4, 0.5) is 5.69 Å². The minimum Gasteiger partial charge on any atom is -0.311 e. The van der Waals surface area contributed by atoms with Gasteiger partial charge in [-0.2, -0.15) is 0 Å². The highest BCUT2D eigenvalue weighted by Gasteiger charge is 2.24. The Morgan fingerprint density at radius 2 is 2.00 bits per heavy atom. The van der Waals surface area contributed by atoms with Gasteiger partial charge in [0, 0.05) is 24.8 Å². The second-order valence-corrected chi connectivity index (χ2v) is 7.39. The molecule has 1 aromatic heterocycles. The van der Waals surface area contributed by atoms with Crippen LogP contribution < -0.4 is 4.90 Å². The van der Waals surface area contributed by atoms with Crippen molar-refractivity contribution in [1.82, 2.24) is 14.8 Å². The molecule has 1 amide bonds. The van der Waals surface area contributed by atoms with E-state index < -0.39 is 0 Å². The summed E-state index contributed by atoms with van der Waals surface area (Å²) in [5.41, 5.74) is 4.50. The third-order valence-electron chi connectivity index (χ3n) is 4.62. The highest BCUT2D eigenvalue weighted by Crippen LogP contribution is 2.29. The average molecular weight is 364 g/mol. The zero-order valence-corrected chi connectivity index (χ0v) is 15.7. The summed E-state index contributed by atoms with van der Waals surface area (Å²) >= 11 is 1.43. The Morgan fingerprint density at radius 1 is 1.15 bits per heavy atom. The molecule has 1 aliphatic rings. The lowest BCUT2D eigenvalue weighted by Crippen LogP contribution is -2.30. The number of rotatable bonds is 4. The molecule has 0 fully saturated rings. The molecule has 0 saturated carbocycles. The van der Waals surface area contributed by atoms with Crippen LogP contribution in [0.2, 0.25) is 0 Å². The molecule has 0 atom stereocenters. The van der Waals surface area contributed by atoms with Crippen LogP contribution in [0.15, 0.2) is 53.7 Å². The Bertz CT molecular complexity index is 966. The zero-order valence-electron chi connectivity index (χ0n) is 14.8. The number of hydrogen-bond donors (Lipinski definition) is 0. The van der Waals surface area contributed by atoms with E-state index in [2.05, 4.69) is 35.3 Å². The molecule has 0 saturated heterocycles. The Labute approximate surface area is 157 Å². The molecule has 0 N–H and O–H groups in total. The summed E-state index contributed by atoms with van der Waals surface area (Å²) < 4.78 is 1.95. The van der Waals surface area contributed by atoms with Crippen molar-refractivity contribution in [2.45, 2.75) is 18.5 Å². The van der Waals surface area contributed by atoms with E-state index in [1.807, 2.05) is 46.8 Å². The van der Waals surface area contributed by atoms with E-state index in [1.165, 1.54) is 22.9 Å². The van der Waals surface area contributed by atoms with E-state index >= 15 is 0 Å². The van der Waals surface area contributed by atoms with Crippen molar-refractivity contribution in [3.8, 4) is 11.4 Å². The number of para-hydroxylation sites is 1. The van der Waals surface area contributed by atoms with Crippen LogP contribution >= 0.6 is 11.8 Å². The number of carbonyl (C=O) groups excluding carboxylic acids is 1. The van der Waals surface area contributed by atoms with E-state index in [0.29, 0.717) is 5.75 Å². The zero-order chi connectivity index (χ0) is 18.1. The quantitative estimate of drug-likeness (QED) is 0.665. The summed E-state index contributed by atoms with van der Waals surface area (Å²) in [7, 11) is 1.94. The van der Waals surface area contributed by atoms with Crippen LogP contribution in [0.5, 0.6) is 0 Å². The van der Waals surface area contributed by atoms with Crippen LogP contribution in [0.3, 0.4) is 0 Å². The third-order valence-corrected chi connectivity index (χ3v) is 5.63. The molecule has 4 rings (SSSR count). The number of aryl methyl sites for hydroxylation is 1. The van der Waals surface area contributed by atoms with Crippen LogP contribution in [0.25, 0.3) is 11.4 Å². The van der Waals surface area contributed by atoms with Gasteiger partial charge < -0.3 is 9.47 Å². The fourth-order valence-electron chi connectivity index (χ4n) is 3.28. The summed E-state index contributed by atoms with van der Waals surface area (Å²) in [5, 5.41) is 9.33. The average Bonchev–Trinajstić information content (AvgIpc) is 3.23. The maximum absolute atomic E-state index is 12.7. The molecule has 132 valence electrons. The Morgan fingerprint density at radius 3 is 2.85 bits per heavy atom. The number of fused-ring (bicyclic) bond motifs is 1. The lowest BCUT2D eigenvalue weighted by Gasteiger charge is -2.16. The first kappa shape index (κ1) is 16.8. The van der Waals surface area contributed by atoms with Gasteiger partial charge >= 0.3 is 0 Å². The lowest BCUT2D eigenvalue weighted by molar-refractivity contribution is -0.116. The summed E-state index contributed by atoms with van der Waals surface area (Å²) in [5.74, 6) is 1.28. The van der Waals surface area contributed by atoms with Crippen LogP contribution in [-0.4, -0.2) is 33.0 Å². The molecule has 1 aliphatic heterocycles. The minimum absolute atomic E-state index is 0.111. The molecule has 26 heavy (non-hydrogen) atoms. The third kappa shape index (κ3) is 3.12. The highest BCUT2D eigenvalue weighted by atomic mass is 32.2. The number of aromatic nitrogens is 3. The number of carbonyl (C=O) groups is 1. The molecular formula is C20H20N4OS. The van der Waals surface area contributed by atoms with Gasteiger partial charge in [0.1, 0.15) is 0 Å². The molecule has 0 spiro atoms. The molecule has 0 radical (unpaired) electrons. The predicted octanol–water partition coefficient (Wildman–Crippen LogP) is 3.47. The Hall–Kier alpha value is -2.60. The molecule has 2 heterocycles. The minimum atomic E-state index is 0.111. The molecule has 0 aliphatic carbocycles. The van der Waals surface area contributed by atoms with E-state index in [0.717, 1.165) is 35.2 Å². The molecule has 3 aromatic rings. The van der Waals surface area contributed by atoms with Crippen LogP contribution in [-0.2, 0) is 18.3 Å². The Balaban J connectivity index is 1.47. The lowest BCUT2D eigenvalue weighted by atomic mass is 10.1. The molecule has 0 unspecified atom stereocenters. The number of benzene rings is 2. The molecule has 2 aromatic carbocycles. The van der Waals surface area contributed by atoms with Gasteiger partial charge in [-0.3, -0.25) is 4.79 Å². The van der Waals surface area contributed by atoms with Crippen molar-refractivity contribution < 1.29 is 4.79 Å². The maximum atomic E-state index is 12.7. The predicted molar refractivity (Wildman–Crippen MR) is 104 cm³/mol. The van der Waals surface area contributed by atoms with Gasteiger partial charge in [0.15, 0.2) is 11.0 Å². The van der Waals surface area contributed by atoms with E-state index in [9.17, 15) is 4.79 Å². The number of amides is 1. The fourth-order valence-corrected chi connectivity index (χ4v) is 4.06. The first-order chi connectivity index (χ1) is 12.6. The molecule has 6 heteroatoms. The van der Waals surface area contributed by atoms with Crippen molar-refractivity contribution in [3.05, 3.63) is 59.7 Å². The summed E-state index contributed by atoms with van der Waals surface area (Å²) in [6.07, 6.45) is 0.925. The van der Waals surface area contributed by atoms with Gasteiger partial charge in [-0.15, -0.1) is 10.2 Å². The van der Waals surface area contributed by atoms with Crippen LogP contribution in [0, 0.1) is 6.92 Å². The standard InChI is InChI=1S/C20H20N4OS/c1-14-6-5-8-16(12-14)19-21-22-20(23(19)2)26-13-18(25)24-11-10-15-7-3-4-9-17(15)24/h3-9,12H,10-11,13H2,1-2H3. The first-order valence-corrected chi connectivity index (χ1v) is 9.59. The maximum Gasteiger partial charge on any atom is 0.237 e. The number of thioether (sulfide) groups is 1. The van der Waals surface area contributed by atoms with Crippen LogP contribution in [0.1, 0.15) is 11.1 Å². The topological polar surface area (TPSA) is 51.0 Å². The van der Waals surface area contributed by atoms with E-state index in [1.54, 1.807) is 0 Å². The van der Waals surface area contributed by atoms with Gasteiger partial charge in [0.05, 0.1) is 5.75 Å². The van der Waals surface area contributed by atoms with Crippen molar-refractivity contribution in [2.75, 3.05) is 17.2 Å². The fraction of sp³-hybridized carbons (Fsp3) is 0.250. The van der Waals surface area contributed by atoms with Gasteiger partial charge in [0.2, 0.25) is 5.91 Å². The highest BCUT2D eigenvalue weighted by molar-refractivity contribution is 7.99. The first-order valence-electron chi connectivity index (χ1n) is 8.61. The van der Waals surface area contributed by atoms with Crippen molar-refractivity contribution in [2.24, 2.45) is 7.05 Å². The van der Waals surface area contributed by atoms with Gasteiger partial charge in [0.25, 0.3) is 0 Å². The van der Waals surface area contributed by atoms with Gasteiger partial charge in [-0.1, -0.05) is 53.7 Å². The summed E-state index contributed by atoms with van der Waals surface area (Å²) in [6.45, 7) is 2.81. The number of nitrogens with zero attached hydrogens (tertiary/aromatic N) is 4. The van der Waals surface area contributed by atoms with Crippen molar-refractivity contribution in [3.63, 3.8) is 0 Å². The van der Waals surface area contributed by atoms with Crippen molar-refractivity contribution >= 4 is 23.4 Å². The summed E-state index contributed by atoms with van der Waals surface area (Å²) in [6, 6.07) is 16.3. The molecule has 5 nitrogen and oxygen atoms in total. The second-order valence-electron chi connectivity index (χ2n) is 6.45. The summed E-state index contributed by atoms with van der Waals surface area (Å²) in [4.78, 5) is 14.5. The second kappa shape index (κ2) is 6.96. The van der Waals surface area contributed by atoms with Crippen molar-refractivity contribution in [1.29, 1.82) is 0 Å². The SMILES string of the molecule is Cc1cccc(-c2nnc(SCC(=O)N3CCc4ccccc43)n2C)c1. The largest absolute Gasteiger partial charge is 0.311 e.